The predicted octanol–water partition coefficient (Wildman–Crippen LogP) is 4.35. The van der Waals surface area contributed by atoms with Gasteiger partial charge in [0.1, 0.15) is 0 Å². The third kappa shape index (κ3) is 3.39. The van der Waals surface area contributed by atoms with Gasteiger partial charge in [-0.15, -0.1) is 5.10 Å². The molecule has 32 heavy (non-hydrogen) atoms. The number of anilines is 2. The molecule has 1 aliphatic carbocycles. The summed E-state index contributed by atoms with van der Waals surface area (Å²) in [5, 5.41) is 13.3. The number of hydrogen-bond acceptors (Lipinski definition) is 6. The SMILES string of the molecule is CC1NC(=O)c2ccc(Nc3n[nH]c(-c4ccc(-c5ccc(C6CC6)nc5)nc4)n3)cc21. The van der Waals surface area contributed by atoms with Crippen LogP contribution in [0.15, 0.2) is 54.9 Å². The molecule has 1 amide bonds. The molecular weight excluding hydrogens is 402 g/mol. The van der Waals surface area contributed by atoms with Gasteiger partial charge in [0.05, 0.1) is 11.7 Å². The number of pyridine rings is 2. The molecule has 1 atom stereocenters. The maximum absolute atomic E-state index is 11.9. The number of amides is 1. The molecule has 1 fully saturated rings. The van der Waals surface area contributed by atoms with E-state index in [2.05, 4.69) is 47.9 Å². The third-order valence-corrected chi connectivity index (χ3v) is 5.97. The Kier molecular flexibility index (Phi) is 4.24. The summed E-state index contributed by atoms with van der Waals surface area (Å²) >= 11 is 0. The molecule has 1 aromatic carbocycles. The summed E-state index contributed by atoms with van der Waals surface area (Å²) in [4.78, 5) is 25.6. The van der Waals surface area contributed by atoms with Gasteiger partial charge in [0.25, 0.3) is 5.91 Å². The number of fused-ring (bicyclic) bond motifs is 1. The molecule has 3 N–H and O–H groups in total. The second-order valence-corrected chi connectivity index (χ2v) is 8.31. The van der Waals surface area contributed by atoms with E-state index in [4.69, 9.17) is 0 Å². The minimum absolute atomic E-state index is 0.00773. The Labute approximate surface area is 184 Å². The quantitative estimate of drug-likeness (QED) is 0.440. The van der Waals surface area contributed by atoms with Gasteiger partial charge in [-0.3, -0.25) is 19.9 Å². The molecule has 6 rings (SSSR count). The highest BCUT2D eigenvalue weighted by atomic mass is 16.2. The second kappa shape index (κ2) is 7.26. The maximum Gasteiger partial charge on any atom is 0.252 e. The fourth-order valence-electron chi connectivity index (χ4n) is 4.02. The average Bonchev–Trinajstić information content (AvgIpc) is 3.51. The Balaban J connectivity index is 1.18. The number of carbonyl (C=O) groups is 1. The van der Waals surface area contributed by atoms with Crippen LogP contribution in [0, 0.1) is 0 Å². The summed E-state index contributed by atoms with van der Waals surface area (Å²) in [5.41, 5.74) is 6.39. The van der Waals surface area contributed by atoms with Crippen molar-refractivity contribution in [3.05, 3.63) is 71.7 Å². The first-order chi connectivity index (χ1) is 15.6. The van der Waals surface area contributed by atoms with Crippen LogP contribution in [0.25, 0.3) is 22.6 Å². The number of nitrogens with zero attached hydrogens (tertiary/aromatic N) is 4. The summed E-state index contributed by atoms with van der Waals surface area (Å²) in [5.74, 6) is 1.69. The van der Waals surface area contributed by atoms with Crippen molar-refractivity contribution < 1.29 is 4.79 Å². The van der Waals surface area contributed by atoms with Crippen LogP contribution in [0.1, 0.15) is 53.3 Å². The first-order valence-corrected chi connectivity index (χ1v) is 10.7. The van der Waals surface area contributed by atoms with Crippen LogP contribution in [0.5, 0.6) is 0 Å². The van der Waals surface area contributed by atoms with Crippen molar-refractivity contribution in [1.29, 1.82) is 0 Å². The summed E-state index contributed by atoms with van der Waals surface area (Å²) in [6, 6.07) is 13.7. The number of nitrogens with one attached hydrogen (secondary N) is 3. The van der Waals surface area contributed by atoms with E-state index in [0.717, 1.165) is 28.1 Å². The van der Waals surface area contributed by atoms with E-state index in [-0.39, 0.29) is 11.9 Å². The standard InChI is InChI=1S/C24H21N7O/c1-13-19-10-17(6-7-18(19)23(32)27-13)28-24-29-22(30-31-24)16-5-9-21(26-12-16)15-4-8-20(25-11-15)14-2-3-14/h4-14H,2-3H2,1H3,(H,27,32)(H2,28,29,30,31). The average molecular weight is 423 g/mol. The Morgan fingerprint density at radius 2 is 1.84 bits per heavy atom. The minimum Gasteiger partial charge on any atom is -0.345 e. The van der Waals surface area contributed by atoms with Crippen LogP contribution in [0.2, 0.25) is 0 Å². The van der Waals surface area contributed by atoms with E-state index < -0.39 is 0 Å². The lowest BCUT2D eigenvalue weighted by atomic mass is 10.1. The van der Waals surface area contributed by atoms with Crippen molar-refractivity contribution >= 4 is 17.5 Å². The van der Waals surface area contributed by atoms with Crippen LogP contribution in [-0.2, 0) is 0 Å². The largest absolute Gasteiger partial charge is 0.345 e. The first-order valence-electron chi connectivity index (χ1n) is 10.7. The summed E-state index contributed by atoms with van der Waals surface area (Å²) in [7, 11) is 0. The normalized spacial score (nSPS) is 17.2. The molecule has 8 heteroatoms. The van der Waals surface area contributed by atoms with Gasteiger partial charge in [0.2, 0.25) is 5.95 Å². The molecule has 2 aliphatic rings. The van der Waals surface area contributed by atoms with Gasteiger partial charge in [-0.2, -0.15) is 4.98 Å². The first kappa shape index (κ1) is 18.7. The summed E-state index contributed by atoms with van der Waals surface area (Å²) in [6.45, 7) is 1.96. The van der Waals surface area contributed by atoms with Crippen LogP contribution in [-0.4, -0.2) is 31.1 Å². The number of hydrogen-bond donors (Lipinski definition) is 3. The molecule has 3 aromatic heterocycles. The molecule has 0 radical (unpaired) electrons. The minimum atomic E-state index is -0.0372. The third-order valence-electron chi connectivity index (χ3n) is 5.97. The van der Waals surface area contributed by atoms with Crippen molar-refractivity contribution in [1.82, 2.24) is 30.5 Å². The van der Waals surface area contributed by atoms with Crippen molar-refractivity contribution in [2.24, 2.45) is 0 Å². The molecule has 0 bridgehead atoms. The highest BCUT2D eigenvalue weighted by Gasteiger charge is 2.25. The van der Waals surface area contributed by atoms with Gasteiger partial charge >= 0.3 is 0 Å². The van der Waals surface area contributed by atoms with Gasteiger partial charge in [-0.1, -0.05) is 0 Å². The fourth-order valence-corrected chi connectivity index (χ4v) is 4.02. The van der Waals surface area contributed by atoms with Crippen LogP contribution in [0.3, 0.4) is 0 Å². The van der Waals surface area contributed by atoms with Crippen LogP contribution in [0.4, 0.5) is 11.6 Å². The zero-order valence-electron chi connectivity index (χ0n) is 17.5. The van der Waals surface area contributed by atoms with Gasteiger partial charge in [0, 0.05) is 46.4 Å². The van der Waals surface area contributed by atoms with Crippen LogP contribution >= 0.6 is 0 Å². The van der Waals surface area contributed by atoms with Gasteiger partial charge in [-0.05, 0) is 67.8 Å². The molecule has 0 saturated heterocycles. The highest BCUT2D eigenvalue weighted by Crippen LogP contribution is 2.39. The lowest BCUT2D eigenvalue weighted by molar-refractivity contribution is 0.0958. The van der Waals surface area contributed by atoms with Gasteiger partial charge in [-0.25, -0.2) is 0 Å². The van der Waals surface area contributed by atoms with E-state index >= 15 is 0 Å². The lowest BCUT2D eigenvalue weighted by Crippen LogP contribution is -2.16. The van der Waals surface area contributed by atoms with E-state index in [0.29, 0.717) is 23.3 Å². The zero-order valence-corrected chi connectivity index (χ0v) is 17.5. The molecule has 4 heterocycles. The molecule has 0 spiro atoms. The number of aromatic amines is 1. The van der Waals surface area contributed by atoms with Crippen molar-refractivity contribution in [3.8, 4) is 22.6 Å². The Hall–Kier alpha value is -4.07. The second-order valence-electron chi connectivity index (χ2n) is 8.31. The number of H-pyrrole nitrogens is 1. The van der Waals surface area contributed by atoms with Gasteiger partial charge < -0.3 is 10.6 Å². The van der Waals surface area contributed by atoms with E-state index in [1.54, 1.807) is 6.20 Å². The monoisotopic (exact) mass is 423 g/mol. The Morgan fingerprint density at radius 3 is 2.59 bits per heavy atom. The van der Waals surface area contributed by atoms with E-state index in [1.165, 1.54) is 18.5 Å². The highest BCUT2D eigenvalue weighted by molar-refractivity contribution is 5.99. The fraction of sp³-hybridized carbons (Fsp3) is 0.208. The van der Waals surface area contributed by atoms with Gasteiger partial charge in [0.15, 0.2) is 5.82 Å². The molecule has 4 aromatic rings. The van der Waals surface area contributed by atoms with E-state index in [1.807, 2.05) is 43.5 Å². The molecule has 158 valence electrons. The number of rotatable bonds is 5. The van der Waals surface area contributed by atoms with Crippen LogP contribution < -0.4 is 10.6 Å². The summed E-state index contributed by atoms with van der Waals surface area (Å²) < 4.78 is 0. The zero-order chi connectivity index (χ0) is 21.7. The van der Waals surface area contributed by atoms with Crippen molar-refractivity contribution in [3.63, 3.8) is 0 Å². The molecule has 1 unspecified atom stereocenters. The number of aromatic nitrogens is 5. The predicted molar refractivity (Wildman–Crippen MR) is 120 cm³/mol. The lowest BCUT2D eigenvalue weighted by Gasteiger charge is -2.06. The Bertz CT molecular complexity index is 1310. The van der Waals surface area contributed by atoms with Crippen molar-refractivity contribution in [2.45, 2.75) is 31.7 Å². The maximum atomic E-state index is 11.9. The van der Waals surface area contributed by atoms with E-state index in [9.17, 15) is 4.79 Å². The molecule has 1 aliphatic heterocycles. The Morgan fingerprint density at radius 1 is 1.00 bits per heavy atom. The summed E-state index contributed by atoms with van der Waals surface area (Å²) in [6.07, 6.45) is 6.17. The molecule has 8 nitrogen and oxygen atoms in total. The molecular formula is C24H21N7O. The smallest absolute Gasteiger partial charge is 0.252 e. The van der Waals surface area contributed by atoms with Crippen molar-refractivity contribution in [2.75, 3.05) is 5.32 Å². The molecule has 1 saturated carbocycles. The number of carbonyl (C=O) groups excluding carboxylic acids is 1. The topological polar surface area (TPSA) is 108 Å². The number of benzene rings is 1.